The van der Waals surface area contributed by atoms with E-state index in [1.165, 1.54) is 6.20 Å². The summed E-state index contributed by atoms with van der Waals surface area (Å²) >= 11 is 0. The number of anilines is 1. The van der Waals surface area contributed by atoms with E-state index in [1.54, 1.807) is 25.1 Å². The molecule has 3 nitrogen and oxygen atoms in total. The Kier molecular flexibility index (Phi) is 2.05. The smallest absolute Gasteiger partial charge is 0.152 e. The Hall–Kier alpha value is -1.68. The Bertz CT molecular complexity index is 482. The van der Waals surface area contributed by atoms with Crippen LogP contribution in [0.25, 0.3) is 10.9 Å². The van der Waals surface area contributed by atoms with Crippen LogP contribution in [0.4, 0.5) is 10.1 Å². The summed E-state index contributed by atoms with van der Waals surface area (Å²) in [7, 11) is 0. The molecule has 0 saturated heterocycles. The maximum Gasteiger partial charge on any atom is 0.152 e. The zero-order chi connectivity index (χ0) is 10.1. The number of hydrogen-bond acceptors (Lipinski definition) is 3. The molecule has 0 saturated carbocycles. The SMILES string of the molecule is Cc1ccc2c(NN)ccnc2c1F. The normalized spacial score (nSPS) is 10.5. The number of hydrazine groups is 1. The van der Waals surface area contributed by atoms with Gasteiger partial charge < -0.3 is 5.43 Å². The van der Waals surface area contributed by atoms with Crippen LogP contribution in [0, 0.1) is 12.7 Å². The number of rotatable bonds is 1. The maximum absolute atomic E-state index is 13.6. The molecule has 2 rings (SSSR count). The van der Waals surface area contributed by atoms with Crippen molar-refractivity contribution in [1.29, 1.82) is 0 Å². The van der Waals surface area contributed by atoms with Gasteiger partial charge in [-0.05, 0) is 18.6 Å². The second kappa shape index (κ2) is 3.23. The van der Waals surface area contributed by atoms with Crippen molar-refractivity contribution in [3.63, 3.8) is 0 Å². The summed E-state index contributed by atoms with van der Waals surface area (Å²) in [5, 5.41) is 0.693. The van der Waals surface area contributed by atoms with Crippen molar-refractivity contribution in [2.75, 3.05) is 5.43 Å². The highest BCUT2D eigenvalue weighted by molar-refractivity contribution is 5.91. The van der Waals surface area contributed by atoms with E-state index in [1.807, 2.05) is 0 Å². The number of halogens is 1. The monoisotopic (exact) mass is 191 g/mol. The molecule has 0 unspecified atom stereocenters. The van der Waals surface area contributed by atoms with Gasteiger partial charge in [0.1, 0.15) is 5.52 Å². The molecule has 0 radical (unpaired) electrons. The average Bonchev–Trinajstić information content (AvgIpc) is 2.23. The summed E-state index contributed by atoms with van der Waals surface area (Å²) in [6.45, 7) is 1.71. The van der Waals surface area contributed by atoms with Gasteiger partial charge in [-0.25, -0.2) is 4.39 Å². The van der Waals surface area contributed by atoms with Crippen LogP contribution in [-0.2, 0) is 0 Å². The van der Waals surface area contributed by atoms with Gasteiger partial charge in [0, 0.05) is 11.6 Å². The Morgan fingerprint density at radius 3 is 2.86 bits per heavy atom. The first kappa shape index (κ1) is 8.90. The first-order valence-electron chi connectivity index (χ1n) is 4.24. The summed E-state index contributed by atoms with van der Waals surface area (Å²) < 4.78 is 13.6. The highest BCUT2D eigenvalue weighted by atomic mass is 19.1. The van der Waals surface area contributed by atoms with Gasteiger partial charge in [-0.15, -0.1) is 0 Å². The van der Waals surface area contributed by atoms with Crippen molar-refractivity contribution in [1.82, 2.24) is 4.98 Å². The summed E-state index contributed by atoms with van der Waals surface area (Å²) in [4.78, 5) is 3.98. The highest BCUT2D eigenvalue weighted by Crippen LogP contribution is 2.24. The molecule has 0 aliphatic rings. The topological polar surface area (TPSA) is 50.9 Å². The van der Waals surface area contributed by atoms with Gasteiger partial charge in [0.25, 0.3) is 0 Å². The predicted octanol–water partition coefficient (Wildman–Crippen LogP) is 1.97. The molecule has 0 aliphatic heterocycles. The van der Waals surface area contributed by atoms with E-state index in [-0.39, 0.29) is 5.82 Å². The first-order valence-corrected chi connectivity index (χ1v) is 4.24. The molecule has 0 fully saturated rings. The second-order valence-corrected chi connectivity index (χ2v) is 3.10. The first-order chi connectivity index (χ1) is 6.74. The number of fused-ring (bicyclic) bond motifs is 1. The molecule has 0 aliphatic carbocycles. The van der Waals surface area contributed by atoms with Crippen molar-refractivity contribution < 1.29 is 4.39 Å². The zero-order valence-corrected chi connectivity index (χ0v) is 7.71. The molecular weight excluding hydrogens is 181 g/mol. The van der Waals surface area contributed by atoms with E-state index in [4.69, 9.17) is 5.84 Å². The minimum absolute atomic E-state index is 0.292. The standard InChI is InChI=1S/C10H10FN3/c1-6-2-3-7-8(14-12)4-5-13-10(7)9(6)11/h2-5H,12H2,1H3,(H,13,14). The van der Waals surface area contributed by atoms with Crippen molar-refractivity contribution in [2.24, 2.45) is 5.84 Å². The summed E-state index contributed by atoms with van der Waals surface area (Å²) in [5.41, 5.74) is 4.12. The van der Waals surface area contributed by atoms with Crippen LogP contribution in [0.5, 0.6) is 0 Å². The lowest BCUT2D eigenvalue weighted by Gasteiger charge is -2.06. The maximum atomic E-state index is 13.6. The van der Waals surface area contributed by atoms with Crippen molar-refractivity contribution >= 4 is 16.6 Å². The van der Waals surface area contributed by atoms with Gasteiger partial charge in [0.2, 0.25) is 0 Å². The summed E-state index contributed by atoms with van der Waals surface area (Å²) in [5.74, 6) is 5.01. The number of benzene rings is 1. The number of nitrogens with two attached hydrogens (primary N) is 1. The minimum Gasteiger partial charge on any atom is -0.323 e. The van der Waals surface area contributed by atoms with Gasteiger partial charge in [-0.1, -0.05) is 12.1 Å². The van der Waals surface area contributed by atoms with E-state index >= 15 is 0 Å². The Labute approximate surface area is 80.7 Å². The lowest BCUT2D eigenvalue weighted by Crippen LogP contribution is -2.07. The average molecular weight is 191 g/mol. The molecule has 72 valence electrons. The van der Waals surface area contributed by atoms with Crippen LogP contribution in [0.1, 0.15) is 5.56 Å². The Morgan fingerprint density at radius 2 is 2.14 bits per heavy atom. The van der Waals surface area contributed by atoms with E-state index in [0.29, 0.717) is 22.2 Å². The number of aryl methyl sites for hydroxylation is 1. The van der Waals surface area contributed by atoms with Gasteiger partial charge in [-0.2, -0.15) is 0 Å². The number of aromatic nitrogens is 1. The van der Waals surface area contributed by atoms with Gasteiger partial charge in [0.05, 0.1) is 5.69 Å². The summed E-state index contributed by atoms with van der Waals surface area (Å²) in [6, 6.07) is 5.22. The quantitative estimate of drug-likeness (QED) is 0.535. The Morgan fingerprint density at radius 1 is 1.36 bits per heavy atom. The molecular formula is C10H10FN3. The lowest BCUT2D eigenvalue weighted by molar-refractivity contribution is 0.627. The predicted molar refractivity (Wildman–Crippen MR) is 54.2 cm³/mol. The molecule has 4 heteroatoms. The van der Waals surface area contributed by atoms with Crippen LogP contribution >= 0.6 is 0 Å². The number of pyridine rings is 1. The molecule has 0 amide bonds. The third-order valence-corrected chi connectivity index (χ3v) is 2.20. The molecule has 0 spiro atoms. The van der Waals surface area contributed by atoms with Crippen LogP contribution in [0.3, 0.4) is 0 Å². The fourth-order valence-electron chi connectivity index (χ4n) is 1.41. The van der Waals surface area contributed by atoms with E-state index in [9.17, 15) is 4.39 Å². The molecule has 1 aromatic heterocycles. The van der Waals surface area contributed by atoms with Crippen LogP contribution in [0.2, 0.25) is 0 Å². The second-order valence-electron chi connectivity index (χ2n) is 3.10. The zero-order valence-electron chi connectivity index (χ0n) is 7.71. The minimum atomic E-state index is -0.292. The molecule has 0 bridgehead atoms. The number of hydrogen-bond donors (Lipinski definition) is 2. The molecule has 14 heavy (non-hydrogen) atoms. The van der Waals surface area contributed by atoms with E-state index in [0.717, 1.165) is 0 Å². The molecule has 1 heterocycles. The molecule has 3 N–H and O–H groups in total. The number of nitrogen functional groups attached to an aromatic ring is 1. The number of nitrogens with one attached hydrogen (secondary N) is 1. The molecule has 0 atom stereocenters. The van der Waals surface area contributed by atoms with Crippen molar-refractivity contribution in [2.45, 2.75) is 6.92 Å². The van der Waals surface area contributed by atoms with Crippen LogP contribution in [-0.4, -0.2) is 4.98 Å². The van der Waals surface area contributed by atoms with E-state index < -0.39 is 0 Å². The van der Waals surface area contributed by atoms with Crippen molar-refractivity contribution in [3.8, 4) is 0 Å². The summed E-state index contributed by atoms with van der Waals surface area (Å²) in [6.07, 6.45) is 1.53. The fraction of sp³-hybridized carbons (Fsp3) is 0.100. The van der Waals surface area contributed by atoms with Crippen LogP contribution < -0.4 is 11.3 Å². The molecule has 1 aromatic carbocycles. The van der Waals surface area contributed by atoms with Gasteiger partial charge in [0.15, 0.2) is 5.82 Å². The van der Waals surface area contributed by atoms with Gasteiger partial charge >= 0.3 is 0 Å². The fourth-order valence-corrected chi connectivity index (χ4v) is 1.41. The van der Waals surface area contributed by atoms with Crippen molar-refractivity contribution in [3.05, 3.63) is 35.8 Å². The van der Waals surface area contributed by atoms with Gasteiger partial charge in [-0.3, -0.25) is 10.8 Å². The van der Waals surface area contributed by atoms with Crippen LogP contribution in [0.15, 0.2) is 24.4 Å². The Balaban J connectivity index is 2.86. The third kappa shape index (κ3) is 1.20. The highest BCUT2D eigenvalue weighted by Gasteiger charge is 2.07. The number of nitrogens with zero attached hydrogens (tertiary/aromatic N) is 1. The van der Waals surface area contributed by atoms with E-state index in [2.05, 4.69) is 10.4 Å². The third-order valence-electron chi connectivity index (χ3n) is 2.20. The lowest BCUT2D eigenvalue weighted by atomic mass is 10.1. The molecule has 2 aromatic rings. The largest absolute Gasteiger partial charge is 0.323 e.